The fourth-order valence-corrected chi connectivity index (χ4v) is 1.82. The van der Waals surface area contributed by atoms with E-state index in [2.05, 4.69) is 5.32 Å². The summed E-state index contributed by atoms with van der Waals surface area (Å²) < 4.78 is 0. The van der Waals surface area contributed by atoms with Crippen LogP contribution in [0, 0.1) is 6.92 Å². The molecule has 2 N–H and O–H groups in total. The van der Waals surface area contributed by atoms with Crippen LogP contribution in [0.2, 0.25) is 0 Å². The van der Waals surface area contributed by atoms with Gasteiger partial charge in [-0.05, 0) is 18.1 Å². The maximum atomic E-state index is 11.8. The largest absolute Gasteiger partial charge is 0.347 e. The highest BCUT2D eigenvalue weighted by atomic mass is 16.2. The second-order valence-electron chi connectivity index (χ2n) is 5.30. The highest BCUT2D eigenvalue weighted by Gasteiger charge is 2.15. The summed E-state index contributed by atoms with van der Waals surface area (Å²) in [6.45, 7) is 3.17. The number of carbonyl (C=O) groups is 2. The number of hydrogen-bond donors (Lipinski definition) is 2. The first-order valence-corrected chi connectivity index (χ1v) is 6.72. The van der Waals surface area contributed by atoms with Crippen molar-refractivity contribution in [3.05, 3.63) is 35.4 Å². The van der Waals surface area contributed by atoms with Crippen molar-refractivity contribution in [2.75, 3.05) is 34.2 Å². The third kappa shape index (κ3) is 5.40. The Morgan fingerprint density at radius 2 is 1.85 bits per heavy atom. The van der Waals surface area contributed by atoms with Crippen molar-refractivity contribution < 1.29 is 14.5 Å². The SMILES string of the molecule is Cc1ccccc1CNC(=O)C[NH+](C)CC(=O)N(C)C. The predicted molar refractivity (Wildman–Crippen MR) is 78.3 cm³/mol. The van der Waals surface area contributed by atoms with Crippen molar-refractivity contribution in [2.45, 2.75) is 13.5 Å². The fourth-order valence-electron chi connectivity index (χ4n) is 1.82. The van der Waals surface area contributed by atoms with E-state index >= 15 is 0 Å². The van der Waals surface area contributed by atoms with E-state index in [1.807, 2.05) is 38.2 Å². The minimum absolute atomic E-state index is 0.0224. The minimum atomic E-state index is -0.0442. The number of hydrogen-bond acceptors (Lipinski definition) is 2. The number of amides is 2. The second-order valence-corrected chi connectivity index (χ2v) is 5.30. The van der Waals surface area contributed by atoms with E-state index in [9.17, 15) is 9.59 Å². The molecular formula is C15H24N3O2+. The van der Waals surface area contributed by atoms with E-state index in [0.717, 1.165) is 16.0 Å². The van der Waals surface area contributed by atoms with Gasteiger partial charge in [0.05, 0.1) is 7.05 Å². The molecular weight excluding hydrogens is 254 g/mol. The first-order valence-electron chi connectivity index (χ1n) is 6.72. The highest BCUT2D eigenvalue weighted by molar-refractivity contribution is 5.78. The molecule has 1 atom stereocenters. The number of aryl methyl sites for hydroxylation is 1. The van der Waals surface area contributed by atoms with Gasteiger partial charge < -0.3 is 15.1 Å². The molecule has 1 aromatic carbocycles. The van der Waals surface area contributed by atoms with Crippen LogP contribution in [-0.4, -0.2) is 50.9 Å². The van der Waals surface area contributed by atoms with Crippen molar-refractivity contribution in [3.63, 3.8) is 0 Å². The molecule has 0 radical (unpaired) electrons. The number of quaternary nitrogens is 1. The topological polar surface area (TPSA) is 53.9 Å². The van der Waals surface area contributed by atoms with Gasteiger partial charge in [-0.2, -0.15) is 0 Å². The van der Waals surface area contributed by atoms with Crippen molar-refractivity contribution >= 4 is 11.8 Å². The second kappa shape index (κ2) is 7.65. The van der Waals surface area contributed by atoms with Crippen LogP contribution in [0.5, 0.6) is 0 Å². The summed E-state index contributed by atoms with van der Waals surface area (Å²) in [5.74, 6) is -0.0217. The lowest BCUT2D eigenvalue weighted by atomic mass is 10.1. The molecule has 0 aromatic heterocycles. The molecule has 0 aliphatic heterocycles. The van der Waals surface area contributed by atoms with Gasteiger partial charge in [-0.1, -0.05) is 24.3 Å². The van der Waals surface area contributed by atoms with Gasteiger partial charge in [-0.15, -0.1) is 0 Å². The fraction of sp³-hybridized carbons (Fsp3) is 0.467. The third-order valence-electron chi connectivity index (χ3n) is 3.15. The molecule has 5 heteroatoms. The Labute approximate surface area is 120 Å². The molecule has 20 heavy (non-hydrogen) atoms. The zero-order valence-corrected chi connectivity index (χ0v) is 12.7. The van der Waals surface area contributed by atoms with E-state index in [4.69, 9.17) is 0 Å². The summed E-state index contributed by atoms with van der Waals surface area (Å²) in [5.41, 5.74) is 2.28. The summed E-state index contributed by atoms with van der Waals surface area (Å²) in [5, 5.41) is 2.89. The Hall–Kier alpha value is -1.88. The Bertz CT molecular complexity index is 472. The average molecular weight is 278 g/mol. The lowest BCUT2D eigenvalue weighted by Gasteiger charge is -2.16. The van der Waals surface area contributed by atoms with E-state index in [1.54, 1.807) is 14.1 Å². The van der Waals surface area contributed by atoms with E-state index in [-0.39, 0.29) is 11.8 Å². The summed E-state index contributed by atoms with van der Waals surface area (Å²) in [6.07, 6.45) is 0. The molecule has 0 saturated heterocycles. The number of rotatable bonds is 6. The molecule has 0 heterocycles. The Morgan fingerprint density at radius 1 is 1.20 bits per heavy atom. The molecule has 1 rings (SSSR count). The highest BCUT2D eigenvalue weighted by Crippen LogP contribution is 2.05. The number of benzene rings is 1. The van der Waals surface area contributed by atoms with Gasteiger partial charge in [0, 0.05) is 20.6 Å². The van der Waals surface area contributed by atoms with Gasteiger partial charge in [0.1, 0.15) is 0 Å². The van der Waals surface area contributed by atoms with Crippen LogP contribution in [0.3, 0.4) is 0 Å². The Balaban J connectivity index is 2.37. The molecule has 1 aromatic rings. The maximum absolute atomic E-state index is 11.8. The van der Waals surface area contributed by atoms with E-state index in [0.29, 0.717) is 19.6 Å². The number of nitrogens with one attached hydrogen (secondary N) is 2. The smallest absolute Gasteiger partial charge is 0.277 e. The van der Waals surface area contributed by atoms with Crippen LogP contribution in [0.4, 0.5) is 0 Å². The van der Waals surface area contributed by atoms with Crippen LogP contribution in [0.25, 0.3) is 0 Å². The quantitative estimate of drug-likeness (QED) is 0.717. The first kappa shape index (κ1) is 16.2. The summed E-state index contributed by atoms with van der Waals surface area (Å²) in [7, 11) is 5.27. The molecule has 1 unspecified atom stereocenters. The zero-order valence-electron chi connectivity index (χ0n) is 12.7. The molecule has 110 valence electrons. The van der Waals surface area contributed by atoms with Gasteiger partial charge in [0.25, 0.3) is 11.8 Å². The van der Waals surface area contributed by atoms with Gasteiger partial charge in [-0.25, -0.2) is 0 Å². The molecule has 0 spiro atoms. The molecule has 5 nitrogen and oxygen atoms in total. The van der Waals surface area contributed by atoms with Gasteiger partial charge in [0.15, 0.2) is 13.1 Å². The monoisotopic (exact) mass is 278 g/mol. The lowest BCUT2D eigenvalue weighted by Crippen LogP contribution is -3.11. The van der Waals surface area contributed by atoms with Crippen LogP contribution in [0.15, 0.2) is 24.3 Å². The minimum Gasteiger partial charge on any atom is -0.347 e. The zero-order chi connectivity index (χ0) is 15.1. The molecule has 0 fully saturated rings. The standard InChI is InChI=1S/C15H23N3O2/c1-12-7-5-6-8-13(12)9-16-14(19)10-18(4)11-15(20)17(2)3/h5-8H,9-11H2,1-4H3,(H,16,19)/p+1. The number of carbonyl (C=O) groups excluding carboxylic acids is 2. The van der Waals surface area contributed by atoms with Crippen LogP contribution in [0.1, 0.15) is 11.1 Å². The van der Waals surface area contributed by atoms with E-state index < -0.39 is 0 Å². The van der Waals surface area contributed by atoms with Gasteiger partial charge >= 0.3 is 0 Å². The van der Waals surface area contributed by atoms with Crippen LogP contribution in [-0.2, 0) is 16.1 Å². The van der Waals surface area contributed by atoms with E-state index in [1.165, 1.54) is 4.90 Å². The molecule has 0 saturated carbocycles. The third-order valence-corrected chi connectivity index (χ3v) is 3.15. The first-order chi connectivity index (χ1) is 9.40. The van der Waals surface area contributed by atoms with Gasteiger partial charge in [0.2, 0.25) is 0 Å². The van der Waals surface area contributed by atoms with Crippen molar-refractivity contribution in [1.82, 2.24) is 10.2 Å². The van der Waals surface area contributed by atoms with Crippen molar-refractivity contribution in [2.24, 2.45) is 0 Å². The molecule has 0 bridgehead atoms. The molecule has 0 aliphatic carbocycles. The summed E-state index contributed by atoms with van der Waals surface area (Å²) in [4.78, 5) is 25.8. The normalized spacial score (nSPS) is 11.8. The Kier molecular flexibility index (Phi) is 6.18. The van der Waals surface area contributed by atoms with Gasteiger partial charge in [-0.3, -0.25) is 9.59 Å². The maximum Gasteiger partial charge on any atom is 0.277 e. The van der Waals surface area contributed by atoms with Crippen LogP contribution >= 0.6 is 0 Å². The average Bonchev–Trinajstić information content (AvgIpc) is 2.37. The molecule has 0 aliphatic rings. The van der Waals surface area contributed by atoms with Crippen molar-refractivity contribution in [1.29, 1.82) is 0 Å². The Morgan fingerprint density at radius 3 is 2.45 bits per heavy atom. The van der Waals surface area contributed by atoms with Crippen molar-refractivity contribution in [3.8, 4) is 0 Å². The predicted octanol–water partition coefficient (Wildman–Crippen LogP) is -0.786. The van der Waals surface area contributed by atoms with Crippen LogP contribution < -0.4 is 10.2 Å². The number of likely N-dealkylation sites (N-methyl/N-ethyl adjacent to an activating group) is 2. The number of nitrogens with zero attached hydrogens (tertiary/aromatic N) is 1. The molecule has 2 amide bonds. The lowest BCUT2D eigenvalue weighted by molar-refractivity contribution is -0.862. The summed E-state index contributed by atoms with van der Waals surface area (Å²) >= 11 is 0. The summed E-state index contributed by atoms with van der Waals surface area (Å²) in [6, 6.07) is 7.96.